The first-order valence-corrected chi connectivity index (χ1v) is 6.62. The van der Waals surface area contributed by atoms with Gasteiger partial charge in [-0.05, 0) is 24.3 Å². The largest absolute Gasteiger partial charge is 0.422 e. The minimum Gasteiger partial charge on any atom is -0.422 e. The molecule has 0 aliphatic rings. The zero-order valence-electron chi connectivity index (χ0n) is 11.3. The molecule has 0 radical (unpaired) electrons. The van der Waals surface area contributed by atoms with E-state index in [4.69, 9.17) is 4.42 Å². The number of benzene rings is 2. The zero-order valence-corrected chi connectivity index (χ0v) is 11.3. The van der Waals surface area contributed by atoms with Crippen molar-refractivity contribution in [1.29, 1.82) is 0 Å². The Labute approximate surface area is 123 Å². The van der Waals surface area contributed by atoms with Crippen LogP contribution in [0, 0.1) is 0 Å². The number of para-hydroxylation sites is 2. The minimum absolute atomic E-state index is 0.0747. The van der Waals surface area contributed by atoms with Crippen LogP contribution in [0.1, 0.15) is 10.4 Å². The molecular formula is C16H9N3O3. The van der Waals surface area contributed by atoms with E-state index in [0.29, 0.717) is 22.0 Å². The first kappa shape index (κ1) is 12.5. The first-order chi connectivity index (χ1) is 10.7. The fourth-order valence-electron chi connectivity index (χ4n) is 2.34. The monoisotopic (exact) mass is 291 g/mol. The molecule has 0 unspecified atom stereocenters. The molecule has 0 amide bonds. The Kier molecular flexibility index (Phi) is 2.62. The van der Waals surface area contributed by atoms with E-state index in [9.17, 15) is 9.59 Å². The average Bonchev–Trinajstić information content (AvgIpc) is 2.97. The van der Waals surface area contributed by atoms with Crippen LogP contribution in [0.2, 0.25) is 0 Å². The molecule has 6 nitrogen and oxygen atoms in total. The van der Waals surface area contributed by atoms with E-state index in [-0.39, 0.29) is 5.56 Å². The van der Waals surface area contributed by atoms with Crippen LogP contribution in [-0.2, 0) is 0 Å². The number of rotatable bonds is 1. The van der Waals surface area contributed by atoms with Crippen molar-refractivity contribution in [1.82, 2.24) is 15.0 Å². The summed E-state index contributed by atoms with van der Waals surface area (Å²) in [6.07, 6.45) is 0. The van der Waals surface area contributed by atoms with Crippen LogP contribution >= 0.6 is 0 Å². The maximum Gasteiger partial charge on any atom is 0.349 e. The lowest BCUT2D eigenvalue weighted by Gasteiger charge is -2.02. The molecule has 0 atom stereocenters. The molecule has 0 N–H and O–H groups in total. The van der Waals surface area contributed by atoms with Gasteiger partial charge in [0.1, 0.15) is 16.7 Å². The quantitative estimate of drug-likeness (QED) is 0.502. The number of aromatic nitrogens is 3. The lowest BCUT2D eigenvalue weighted by atomic mass is 10.2. The lowest BCUT2D eigenvalue weighted by molar-refractivity contribution is 0.0944. The van der Waals surface area contributed by atoms with E-state index in [1.54, 1.807) is 48.5 Å². The summed E-state index contributed by atoms with van der Waals surface area (Å²) in [5.74, 6) is -0.562. The van der Waals surface area contributed by atoms with Crippen LogP contribution in [0.4, 0.5) is 0 Å². The van der Waals surface area contributed by atoms with Crippen molar-refractivity contribution in [3.05, 3.63) is 70.6 Å². The van der Waals surface area contributed by atoms with Crippen molar-refractivity contribution >= 4 is 27.9 Å². The molecule has 0 aliphatic carbocycles. The molecule has 106 valence electrons. The molecule has 0 saturated carbocycles. The topological polar surface area (TPSA) is 78.0 Å². The predicted molar refractivity (Wildman–Crippen MR) is 79.7 cm³/mol. The van der Waals surface area contributed by atoms with Gasteiger partial charge >= 0.3 is 5.63 Å². The van der Waals surface area contributed by atoms with Gasteiger partial charge in [0.05, 0.1) is 5.52 Å². The molecule has 0 fully saturated rings. The van der Waals surface area contributed by atoms with Crippen LogP contribution in [0.25, 0.3) is 22.0 Å². The van der Waals surface area contributed by atoms with Gasteiger partial charge < -0.3 is 4.42 Å². The number of carbonyl (C=O) groups excluding carboxylic acids is 1. The van der Waals surface area contributed by atoms with E-state index < -0.39 is 11.5 Å². The van der Waals surface area contributed by atoms with E-state index in [0.717, 1.165) is 4.68 Å². The number of nitrogens with zero attached hydrogens (tertiary/aromatic N) is 3. The summed E-state index contributed by atoms with van der Waals surface area (Å²) >= 11 is 0. The van der Waals surface area contributed by atoms with E-state index in [1.165, 1.54) is 6.07 Å². The minimum atomic E-state index is -0.691. The standard InChI is InChI=1S/C16H9N3O3/c20-15(19-13-7-3-2-6-12(13)17-18-19)11-9-10-5-1-4-8-14(10)22-16(11)21/h1-9H. The highest BCUT2D eigenvalue weighted by atomic mass is 16.4. The maximum atomic E-state index is 12.6. The zero-order chi connectivity index (χ0) is 15.1. The lowest BCUT2D eigenvalue weighted by Crippen LogP contribution is -2.21. The second-order valence-corrected chi connectivity index (χ2v) is 4.78. The van der Waals surface area contributed by atoms with E-state index >= 15 is 0 Å². The van der Waals surface area contributed by atoms with Gasteiger partial charge in [-0.2, -0.15) is 4.68 Å². The van der Waals surface area contributed by atoms with Crippen molar-refractivity contribution in [2.24, 2.45) is 0 Å². The number of hydrogen-bond acceptors (Lipinski definition) is 5. The van der Waals surface area contributed by atoms with Gasteiger partial charge in [0, 0.05) is 5.39 Å². The highest BCUT2D eigenvalue weighted by molar-refractivity contribution is 6.01. The normalized spacial score (nSPS) is 11.1. The summed E-state index contributed by atoms with van der Waals surface area (Å²) in [4.78, 5) is 24.6. The molecule has 22 heavy (non-hydrogen) atoms. The van der Waals surface area contributed by atoms with Gasteiger partial charge in [-0.1, -0.05) is 35.5 Å². The smallest absolute Gasteiger partial charge is 0.349 e. The molecule has 2 heterocycles. The van der Waals surface area contributed by atoms with Crippen molar-refractivity contribution in [2.45, 2.75) is 0 Å². The van der Waals surface area contributed by atoms with Crippen molar-refractivity contribution in [3.8, 4) is 0 Å². The van der Waals surface area contributed by atoms with Gasteiger partial charge in [-0.25, -0.2) is 4.79 Å². The highest BCUT2D eigenvalue weighted by Gasteiger charge is 2.19. The van der Waals surface area contributed by atoms with Gasteiger partial charge in [0.25, 0.3) is 5.91 Å². The summed E-state index contributed by atoms with van der Waals surface area (Å²) in [6, 6.07) is 15.6. The third-order valence-electron chi connectivity index (χ3n) is 3.42. The number of fused-ring (bicyclic) bond motifs is 2. The molecule has 0 saturated heterocycles. The van der Waals surface area contributed by atoms with Crippen LogP contribution in [0.5, 0.6) is 0 Å². The Morgan fingerprint density at radius 2 is 1.82 bits per heavy atom. The molecule has 0 spiro atoms. The SMILES string of the molecule is O=C(c1cc2ccccc2oc1=O)n1nnc2ccccc21. The molecule has 4 rings (SSSR count). The molecule has 0 bridgehead atoms. The molecular weight excluding hydrogens is 282 g/mol. The van der Waals surface area contributed by atoms with Crippen molar-refractivity contribution in [2.75, 3.05) is 0 Å². The Morgan fingerprint density at radius 1 is 1.05 bits per heavy atom. The number of carbonyl (C=O) groups is 1. The van der Waals surface area contributed by atoms with E-state index in [2.05, 4.69) is 10.3 Å². The summed E-state index contributed by atoms with van der Waals surface area (Å²) in [5.41, 5.74) is 0.797. The summed E-state index contributed by atoms with van der Waals surface area (Å²) in [6.45, 7) is 0. The Balaban J connectivity index is 1.93. The van der Waals surface area contributed by atoms with E-state index in [1.807, 2.05) is 0 Å². The Bertz CT molecular complexity index is 1080. The van der Waals surface area contributed by atoms with Crippen LogP contribution in [-0.4, -0.2) is 20.9 Å². The highest BCUT2D eigenvalue weighted by Crippen LogP contribution is 2.15. The first-order valence-electron chi connectivity index (χ1n) is 6.62. The molecule has 4 aromatic rings. The van der Waals surface area contributed by atoms with Crippen LogP contribution < -0.4 is 5.63 Å². The van der Waals surface area contributed by atoms with Gasteiger partial charge in [0.2, 0.25) is 0 Å². The van der Waals surface area contributed by atoms with Gasteiger partial charge in [0.15, 0.2) is 0 Å². The third-order valence-corrected chi connectivity index (χ3v) is 3.42. The van der Waals surface area contributed by atoms with Crippen molar-refractivity contribution in [3.63, 3.8) is 0 Å². The summed E-state index contributed by atoms with van der Waals surface area (Å²) < 4.78 is 6.29. The second-order valence-electron chi connectivity index (χ2n) is 4.78. The third kappa shape index (κ3) is 1.81. The summed E-state index contributed by atoms with van der Waals surface area (Å²) in [5, 5.41) is 8.42. The van der Waals surface area contributed by atoms with Gasteiger partial charge in [-0.15, -0.1) is 5.10 Å². The molecule has 6 heteroatoms. The molecule has 0 aliphatic heterocycles. The van der Waals surface area contributed by atoms with Gasteiger partial charge in [-0.3, -0.25) is 4.79 Å². The van der Waals surface area contributed by atoms with Crippen LogP contribution in [0.15, 0.2) is 63.8 Å². The average molecular weight is 291 g/mol. The van der Waals surface area contributed by atoms with Crippen molar-refractivity contribution < 1.29 is 9.21 Å². The molecule has 2 aromatic heterocycles. The summed E-state index contributed by atoms with van der Waals surface area (Å²) in [7, 11) is 0. The fourth-order valence-corrected chi connectivity index (χ4v) is 2.34. The predicted octanol–water partition coefficient (Wildman–Crippen LogP) is 2.23. The maximum absolute atomic E-state index is 12.6. The van der Waals surface area contributed by atoms with Crippen LogP contribution in [0.3, 0.4) is 0 Å². The number of hydrogen-bond donors (Lipinski definition) is 0. The Morgan fingerprint density at radius 3 is 2.73 bits per heavy atom. The molecule has 2 aromatic carbocycles. The second kappa shape index (κ2) is 4.63. The fraction of sp³-hybridized carbons (Fsp3) is 0. The Hall–Kier alpha value is -3.28.